The molecule has 0 unspecified atom stereocenters. The van der Waals surface area contributed by atoms with Crippen molar-refractivity contribution in [1.29, 1.82) is 0 Å². The van der Waals surface area contributed by atoms with E-state index in [1.807, 2.05) is 41.4 Å². The van der Waals surface area contributed by atoms with Gasteiger partial charge >= 0.3 is 0 Å². The maximum atomic E-state index is 12.5. The molecule has 0 aromatic carbocycles. The highest BCUT2D eigenvalue weighted by Gasteiger charge is 2.23. The number of nitrogens with zero attached hydrogens (tertiary/aromatic N) is 3. The topological polar surface area (TPSA) is 52.2 Å². The Balaban J connectivity index is 1.54. The number of carbonyl (C=O) groups excluding carboxylic acids is 1. The molecule has 3 rings (SSSR count). The highest BCUT2D eigenvalue weighted by atomic mass is 16.2. The van der Waals surface area contributed by atoms with Crippen LogP contribution in [0.4, 0.5) is 0 Å². The van der Waals surface area contributed by atoms with Crippen molar-refractivity contribution >= 4 is 5.91 Å². The number of aromatic nitrogens is 2. The molecule has 0 spiro atoms. The minimum Gasteiger partial charge on any atom is -0.354 e. The second-order valence-corrected chi connectivity index (χ2v) is 5.64. The molecule has 1 N–H and O–H groups in total. The van der Waals surface area contributed by atoms with Gasteiger partial charge in [0.15, 0.2) is 0 Å². The molecule has 2 aromatic heterocycles. The van der Waals surface area contributed by atoms with Crippen molar-refractivity contribution in [2.75, 3.05) is 26.2 Å². The summed E-state index contributed by atoms with van der Waals surface area (Å²) < 4.78 is 0. The molecular formula is C17H22N4O. The lowest BCUT2D eigenvalue weighted by Crippen LogP contribution is -2.48. The van der Waals surface area contributed by atoms with Gasteiger partial charge in [-0.3, -0.25) is 14.7 Å². The molecule has 1 saturated heterocycles. The Morgan fingerprint density at radius 2 is 2.00 bits per heavy atom. The van der Waals surface area contributed by atoms with Crippen LogP contribution >= 0.6 is 0 Å². The summed E-state index contributed by atoms with van der Waals surface area (Å²) in [6.45, 7) is 6.26. The maximum absolute atomic E-state index is 12.5. The summed E-state index contributed by atoms with van der Waals surface area (Å²) in [6, 6.07) is 9.87. The second-order valence-electron chi connectivity index (χ2n) is 5.64. The molecule has 0 saturated carbocycles. The normalized spacial score (nSPS) is 16.0. The largest absolute Gasteiger partial charge is 0.354 e. The van der Waals surface area contributed by atoms with Crippen molar-refractivity contribution < 1.29 is 4.79 Å². The van der Waals surface area contributed by atoms with Crippen LogP contribution in [0.1, 0.15) is 28.8 Å². The summed E-state index contributed by atoms with van der Waals surface area (Å²) in [6.07, 6.45) is 2.75. The quantitative estimate of drug-likeness (QED) is 0.938. The van der Waals surface area contributed by atoms with Gasteiger partial charge in [-0.2, -0.15) is 0 Å². The van der Waals surface area contributed by atoms with Gasteiger partial charge in [0, 0.05) is 44.6 Å². The van der Waals surface area contributed by atoms with Crippen molar-refractivity contribution in [1.82, 2.24) is 19.8 Å². The monoisotopic (exact) mass is 298 g/mol. The summed E-state index contributed by atoms with van der Waals surface area (Å²) in [5, 5.41) is 0. The molecule has 0 atom stereocenters. The van der Waals surface area contributed by atoms with E-state index in [4.69, 9.17) is 0 Å². The number of aryl methyl sites for hydroxylation is 1. The Morgan fingerprint density at radius 3 is 2.64 bits per heavy atom. The minimum absolute atomic E-state index is 0.109. The van der Waals surface area contributed by atoms with Crippen LogP contribution in [0, 0.1) is 0 Å². The van der Waals surface area contributed by atoms with E-state index in [0.29, 0.717) is 5.69 Å². The first kappa shape index (κ1) is 14.8. The van der Waals surface area contributed by atoms with E-state index in [1.165, 1.54) is 0 Å². The minimum atomic E-state index is 0.109. The highest BCUT2D eigenvalue weighted by Crippen LogP contribution is 2.11. The number of rotatable bonds is 4. The summed E-state index contributed by atoms with van der Waals surface area (Å²) in [5.74, 6) is 0.109. The predicted molar refractivity (Wildman–Crippen MR) is 85.6 cm³/mol. The summed E-state index contributed by atoms with van der Waals surface area (Å²) in [5.41, 5.74) is 2.89. The molecule has 22 heavy (non-hydrogen) atoms. The summed E-state index contributed by atoms with van der Waals surface area (Å²) in [7, 11) is 0. The van der Waals surface area contributed by atoms with Crippen LogP contribution in [0.25, 0.3) is 0 Å². The van der Waals surface area contributed by atoms with Gasteiger partial charge in [-0.25, -0.2) is 0 Å². The van der Waals surface area contributed by atoms with Crippen LogP contribution in [0.3, 0.4) is 0 Å². The van der Waals surface area contributed by atoms with Crippen LogP contribution in [0.2, 0.25) is 0 Å². The number of aromatic amines is 1. The van der Waals surface area contributed by atoms with Gasteiger partial charge in [0.05, 0.1) is 5.69 Å². The number of hydrogen-bond acceptors (Lipinski definition) is 3. The predicted octanol–water partition coefficient (Wildman–Crippen LogP) is 1.93. The Morgan fingerprint density at radius 1 is 1.18 bits per heavy atom. The van der Waals surface area contributed by atoms with Crippen LogP contribution in [-0.4, -0.2) is 51.9 Å². The fourth-order valence-electron chi connectivity index (χ4n) is 2.77. The number of piperazine rings is 1. The lowest BCUT2D eigenvalue weighted by atomic mass is 10.2. The van der Waals surface area contributed by atoms with Crippen molar-refractivity contribution in [3.8, 4) is 0 Å². The zero-order chi connectivity index (χ0) is 15.4. The van der Waals surface area contributed by atoms with Gasteiger partial charge in [-0.1, -0.05) is 13.0 Å². The third kappa shape index (κ3) is 3.36. The van der Waals surface area contributed by atoms with E-state index in [9.17, 15) is 4.79 Å². The van der Waals surface area contributed by atoms with E-state index in [-0.39, 0.29) is 5.91 Å². The Kier molecular flexibility index (Phi) is 4.53. The SMILES string of the molecule is CCc1ccc(C(=O)N2CCN(Cc3ccccn3)CC2)[nH]1. The number of H-pyrrole nitrogens is 1. The first-order valence-electron chi connectivity index (χ1n) is 7.85. The molecule has 0 bridgehead atoms. The molecular weight excluding hydrogens is 276 g/mol. The average molecular weight is 298 g/mol. The lowest BCUT2D eigenvalue weighted by Gasteiger charge is -2.34. The molecule has 1 amide bonds. The Hall–Kier alpha value is -2.14. The van der Waals surface area contributed by atoms with Gasteiger partial charge in [0.1, 0.15) is 5.69 Å². The van der Waals surface area contributed by atoms with E-state index in [0.717, 1.165) is 50.5 Å². The van der Waals surface area contributed by atoms with Gasteiger partial charge in [-0.05, 0) is 30.7 Å². The van der Waals surface area contributed by atoms with Gasteiger partial charge in [0.2, 0.25) is 0 Å². The number of carbonyl (C=O) groups is 1. The molecule has 116 valence electrons. The smallest absolute Gasteiger partial charge is 0.270 e. The maximum Gasteiger partial charge on any atom is 0.270 e. The molecule has 5 nitrogen and oxygen atoms in total. The number of pyridine rings is 1. The van der Waals surface area contributed by atoms with E-state index in [2.05, 4.69) is 21.8 Å². The molecule has 0 radical (unpaired) electrons. The van der Waals surface area contributed by atoms with Gasteiger partial charge < -0.3 is 9.88 Å². The second kappa shape index (κ2) is 6.75. The number of amides is 1. The molecule has 3 heterocycles. The highest BCUT2D eigenvalue weighted by molar-refractivity contribution is 5.92. The zero-order valence-corrected chi connectivity index (χ0v) is 13.0. The van der Waals surface area contributed by atoms with Crippen molar-refractivity contribution in [2.45, 2.75) is 19.9 Å². The first-order valence-corrected chi connectivity index (χ1v) is 7.85. The summed E-state index contributed by atoms with van der Waals surface area (Å²) in [4.78, 5) is 24.3. The molecule has 5 heteroatoms. The van der Waals surface area contributed by atoms with Crippen molar-refractivity contribution in [3.05, 3.63) is 53.6 Å². The number of nitrogens with one attached hydrogen (secondary N) is 1. The average Bonchev–Trinajstić information content (AvgIpc) is 3.05. The standard InChI is InChI=1S/C17H22N4O/c1-2-14-6-7-16(19-14)17(22)21-11-9-20(10-12-21)13-15-5-3-4-8-18-15/h3-8,19H,2,9-13H2,1H3. The Labute approximate surface area is 131 Å². The molecule has 1 aliphatic rings. The van der Waals surface area contributed by atoms with Crippen LogP contribution in [0.5, 0.6) is 0 Å². The summed E-state index contributed by atoms with van der Waals surface area (Å²) >= 11 is 0. The van der Waals surface area contributed by atoms with E-state index >= 15 is 0 Å². The molecule has 0 aliphatic carbocycles. The fourth-order valence-corrected chi connectivity index (χ4v) is 2.77. The Bertz CT molecular complexity index is 615. The van der Waals surface area contributed by atoms with Crippen LogP contribution in [0.15, 0.2) is 36.5 Å². The molecule has 1 fully saturated rings. The van der Waals surface area contributed by atoms with Gasteiger partial charge in [0.25, 0.3) is 5.91 Å². The van der Waals surface area contributed by atoms with Gasteiger partial charge in [-0.15, -0.1) is 0 Å². The third-order valence-electron chi connectivity index (χ3n) is 4.13. The van der Waals surface area contributed by atoms with Crippen molar-refractivity contribution in [3.63, 3.8) is 0 Å². The van der Waals surface area contributed by atoms with E-state index < -0.39 is 0 Å². The lowest BCUT2D eigenvalue weighted by molar-refractivity contribution is 0.0622. The van der Waals surface area contributed by atoms with Crippen molar-refractivity contribution in [2.24, 2.45) is 0 Å². The molecule has 1 aliphatic heterocycles. The molecule has 2 aromatic rings. The zero-order valence-electron chi connectivity index (χ0n) is 13.0. The van der Waals surface area contributed by atoms with E-state index in [1.54, 1.807) is 0 Å². The van der Waals surface area contributed by atoms with Crippen LogP contribution < -0.4 is 0 Å². The fraction of sp³-hybridized carbons (Fsp3) is 0.412. The number of hydrogen-bond donors (Lipinski definition) is 1. The first-order chi connectivity index (χ1) is 10.8. The van der Waals surface area contributed by atoms with Crippen LogP contribution in [-0.2, 0) is 13.0 Å². The third-order valence-corrected chi connectivity index (χ3v) is 4.13.